The molecule has 0 atom stereocenters. The number of carbonyl (C=O) groups is 1. The monoisotopic (exact) mass is 360 g/mol. The van der Waals surface area contributed by atoms with Gasteiger partial charge in [-0.05, 0) is 65.7 Å². The van der Waals surface area contributed by atoms with Gasteiger partial charge >= 0.3 is 0 Å². The van der Waals surface area contributed by atoms with E-state index in [2.05, 4.69) is 26.5 Å². The standard InChI is InChI=1S/C17H17BrN2O2/c1-3-22-16-9-6-13(10-15(16)18)11-19-20-17(21)14-7-4-12(2)5-8-14/h4-11H,3H2,1-2H3,(H,20,21)/b19-11-. The maximum absolute atomic E-state index is 11.9. The lowest BCUT2D eigenvalue weighted by Crippen LogP contribution is -2.17. The molecule has 0 heterocycles. The van der Waals surface area contributed by atoms with E-state index in [-0.39, 0.29) is 5.91 Å². The van der Waals surface area contributed by atoms with Crippen molar-refractivity contribution < 1.29 is 9.53 Å². The number of benzene rings is 2. The Morgan fingerprint density at radius 2 is 2.00 bits per heavy atom. The smallest absolute Gasteiger partial charge is 0.271 e. The summed E-state index contributed by atoms with van der Waals surface area (Å²) in [5.41, 5.74) is 5.06. The summed E-state index contributed by atoms with van der Waals surface area (Å²) in [4.78, 5) is 11.9. The first-order valence-corrected chi connectivity index (χ1v) is 7.72. The number of hydrogen-bond donors (Lipinski definition) is 1. The van der Waals surface area contributed by atoms with Crippen molar-refractivity contribution >= 4 is 28.1 Å². The van der Waals surface area contributed by atoms with E-state index in [1.165, 1.54) is 0 Å². The van der Waals surface area contributed by atoms with Crippen LogP contribution >= 0.6 is 15.9 Å². The summed E-state index contributed by atoms with van der Waals surface area (Å²) in [5.74, 6) is 0.546. The van der Waals surface area contributed by atoms with Crippen molar-refractivity contribution in [1.82, 2.24) is 5.43 Å². The average molecular weight is 361 g/mol. The summed E-state index contributed by atoms with van der Waals surface area (Å²) >= 11 is 3.44. The third-order valence-electron chi connectivity index (χ3n) is 2.95. The zero-order chi connectivity index (χ0) is 15.9. The third-order valence-corrected chi connectivity index (χ3v) is 3.57. The normalized spacial score (nSPS) is 10.7. The van der Waals surface area contributed by atoms with Gasteiger partial charge in [0.15, 0.2) is 0 Å². The van der Waals surface area contributed by atoms with Gasteiger partial charge in [0.1, 0.15) is 5.75 Å². The van der Waals surface area contributed by atoms with Gasteiger partial charge in [-0.3, -0.25) is 4.79 Å². The first-order valence-electron chi connectivity index (χ1n) is 6.92. The molecule has 0 radical (unpaired) electrons. The molecule has 0 aliphatic heterocycles. The summed E-state index contributed by atoms with van der Waals surface area (Å²) in [6, 6.07) is 12.9. The van der Waals surface area contributed by atoms with Crippen LogP contribution in [0.3, 0.4) is 0 Å². The van der Waals surface area contributed by atoms with Gasteiger partial charge in [-0.2, -0.15) is 5.10 Å². The molecule has 0 aromatic heterocycles. The second-order valence-electron chi connectivity index (χ2n) is 4.69. The molecule has 0 aliphatic rings. The average Bonchev–Trinajstić information content (AvgIpc) is 2.50. The molecule has 0 unspecified atom stereocenters. The van der Waals surface area contributed by atoms with Crippen LogP contribution in [0.2, 0.25) is 0 Å². The number of amides is 1. The Bertz CT molecular complexity index is 682. The second kappa shape index (κ2) is 7.75. The first-order chi connectivity index (χ1) is 10.6. The molecule has 1 amide bonds. The number of nitrogens with zero attached hydrogens (tertiary/aromatic N) is 1. The molecule has 0 fully saturated rings. The zero-order valence-electron chi connectivity index (χ0n) is 12.5. The fourth-order valence-corrected chi connectivity index (χ4v) is 2.32. The molecule has 0 spiro atoms. The lowest BCUT2D eigenvalue weighted by molar-refractivity contribution is 0.0955. The Balaban J connectivity index is 1.98. The molecular formula is C17H17BrN2O2. The highest BCUT2D eigenvalue weighted by Gasteiger charge is 2.03. The van der Waals surface area contributed by atoms with E-state index in [1.807, 2.05) is 44.2 Å². The van der Waals surface area contributed by atoms with Gasteiger partial charge in [0.2, 0.25) is 0 Å². The van der Waals surface area contributed by atoms with Crippen LogP contribution in [0.15, 0.2) is 52.0 Å². The fraction of sp³-hybridized carbons (Fsp3) is 0.176. The predicted octanol–water partition coefficient (Wildman–Crippen LogP) is 3.92. The minimum absolute atomic E-state index is 0.235. The molecule has 22 heavy (non-hydrogen) atoms. The molecule has 5 heteroatoms. The van der Waals surface area contributed by atoms with Crippen LogP contribution < -0.4 is 10.2 Å². The van der Waals surface area contributed by atoms with Crippen LogP contribution in [0.1, 0.15) is 28.4 Å². The number of ether oxygens (including phenoxy) is 1. The summed E-state index contributed by atoms with van der Waals surface area (Å²) in [6.45, 7) is 4.52. The molecule has 0 aliphatic carbocycles. The number of carbonyl (C=O) groups excluding carboxylic acids is 1. The van der Waals surface area contributed by atoms with Gasteiger partial charge in [0.25, 0.3) is 5.91 Å². The Kier molecular flexibility index (Phi) is 5.72. The third kappa shape index (κ3) is 4.43. The Hall–Kier alpha value is -2.14. The van der Waals surface area contributed by atoms with Gasteiger partial charge in [0, 0.05) is 5.56 Å². The molecule has 2 rings (SSSR count). The largest absolute Gasteiger partial charge is 0.493 e. The van der Waals surface area contributed by atoms with Crippen LogP contribution in [0, 0.1) is 6.92 Å². The van der Waals surface area contributed by atoms with Crippen molar-refractivity contribution in [3.05, 3.63) is 63.6 Å². The molecule has 2 aromatic rings. The van der Waals surface area contributed by atoms with Crippen LogP contribution in [0.25, 0.3) is 0 Å². The van der Waals surface area contributed by atoms with Gasteiger partial charge in [-0.25, -0.2) is 5.43 Å². The Morgan fingerprint density at radius 3 is 2.64 bits per heavy atom. The maximum atomic E-state index is 11.9. The Morgan fingerprint density at radius 1 is 1.27 bits per heavy atom. The van der Waals surface area contributed by atoms with Crippen LogP contribution in [-0.2, 0) is 0 Å². The fourth-order valence-electron chi connectivity index (χ4n) is 1.80. The predicted molar refractivity (Wildman–Crippen MR) is 91.6 cm³/mol. The van der Waals surface area contributed by atoms with Crippen molar-refractivity contribution in [3.8, 4) is 5.75 Å². The van der Waals surface area contributed by atoms with E-state index in [1.54, 1.807) is 18.3 Å². The number of nitrogens with one attached hydrogen (secondary N) is 1. The van der Waals surface area contributed by atoms with Crippen molar-refractivity contribution in [3.63, 3.8) is 0 Å². The van der Waals surface area contributed by atoms with Crippen molar-refractivity contribution in [2.24, 2.45) is 5.10 Å². The molecule has 0 bridgehead atoms. The molecule has 1 N–H and O–H groups in total. The molecule has 0 saturated heterocycles. The maximum Gasteiger partial charge on any atom is 0.271 e. The number of rotatable bonds is 5. The minimum Gasteiger partial charge on any atom is -0.493 e. The van der Waals surface area contributed by atoms with E-state index < -0.39 is 0 Å². The summed E-state index contributed by atoms with van der Waals surface area (Å²) < 4.78 is 6.29. The number of aryl methyl sites for hydroxylation is 1. The lowest BCUT2D eigenvalue weighted by atomic mass is 10.1. The van der Waals surface area contributed by atoms with Crippen molar-refractivity contribution in [2.45, 2.75) is 13.8 Å². The van der Waals surface area contributed by atoms with Crippen molar-refractivity contribution in [1.29, 1.82) is 0 Å². The SMILES string of the molecule is CCOc1ccc(/C=N\NC(=O)c2ccc(C)cc2)cc1Br. The molecule has 0 saturated carbocycles. The highest BCUT2D eigenvalue weighted by atomic mass is 79.9. The zero-order valence-corrected chi connectivity index (χ0v) is 14.1. The highest BCUT2D eigenvalue weighted by molar-refractivity contribution is 9.10. The van der Waals surface area contributed by atoms with Gasteiger partial charge in [-0.1, -0.05) is 17.7 Å². The number of halogens is 1. The van der Waals surface area contributed by atoms with Gasteiger partial charge in [0.05, 0.1) is 17.3 Å². The van der Waals surface area contributed by atoms with E-state index in [0.29, 0.717) is 12.2 Å². The molecule has 4 nitrogen and oxygen atoms in total. The summed E-state index contributed by atoms with van der Waals surface area (Å²) in [5, 5.41) is 3.97. The second-order valence-corrected chi connectivity index (χ2v) is 5.54. The quantitative estimate of drug-likeness (QED) is 0.648. The summed E-state index contributed by atoms with van der Waals surface area (Å²) in [7, 11) is 0. The van der Waals surface area contributed by atoms with Gasteiger partial charge in [-0.15, -0.1) is 0 Å². The number of hydrazone groups is 1. The van der Waals surface area contributed by atoms with Crippen LogP contribution in [0.5, 0.6) is 5.75 Å². The summed E-state index contributed by atoms with van der Waals surface area (Å²) in [6.07, 6.45) is 1.59. The minimum atomic E-state index is -0.235. The first kappa shape index (κ1) is 16.2. The number of hydrogen-bond acceptors (Lipinski definition) is 3. The van der Waals surface area contributed by atoms with Crippen molar-refractivity contribution in [2.75, 3.05) is 6.61 Å². The Labute approximate surface area is 138 Å². The van der Waals surface area contributed by atoms with Crippen LogP contribution in [0.4, 0.5) is 0 Å². The lowest BCUT2D eigenvalue weighted by Gasteiger charge is -2.05. The topological polar surface area (TPSA) is 50.7 Å². The molecular weight excluding hydrogens is 344 g/mol. The van der Waals surface area contributed by atoms with Crippen LogP contribution in [-0.4, -0.2) is 18.7 Å². The highest BCUT2D eigenvalue weighted by Crippen LogP contribution is 2.25. The van der Waals surface area contributed by atoms with E-state index in [0.717, 1.165) is 21.3 Å². The van der Waals surface area contributed by atoms with Gasteiger partial charge < -0.3 is 4.74 Å². The van der Waals surface area contributed by atoms with E-state index in [9.17, 15) is 4.79 Å². The molecule has 2 aromatic carbocycles. The van der Waals surface area contributed by atoms with E-state index in [4.69, 9.17) is 4.74 Å². The van der Waals surface area contributed by atoms with E-state index >= 15 is 0 Å². The molecule has 114 valence electrons.